The molecule has 0 aromatic heterocycles. The SMILES string of the molecule is CC1CN(S(=O)(=O)c2ccc(C(=O)N3CC(CN)CC3C)cc2)CC(C)O1. The number of rotatable bonds is 4. The number of likely N-dealkylation sites (tertiary alicyclic amines) is 1. The topological polar surface area (TPSA) is 92.9 Å². The fourth-order valence-electron chi connectivity index (χ4n) is 4.01. The summed E-state index contributed by atoms with van der Waals surface area (Å²) in [5.74, 6) is 0.255. The highest BCUT2D eigenvalue weighted by Crippen LogP contribution is 2.25. The van der Waals surface area contributed by atoms with Crippen LogP contribution in [0.4, 0.5) is 0 Å². The number of carbonyl (C=O) groups is 1. The molecule has 4 atom stereocenters. The van der Waals surface area contributed by atoms with Gasteiger partial charge in [-0.05, 0) is 63.9 Å². The molecule has 2 heterocycles. The van der Waals surface area contributed by atoms with Crippen molar-refractivity contribution in [2.75, 3.05) is 26.2 Å². The number of amides is 1. The van der Waals surface area contributed by atoms with Gasteiger partial charge in [0.2, 0.25) is 10.0 Å². The van der Waals surface area contributed by atoms with Crippen molar-refractivity contribution in [1.29, 1.82) is 0 Å². The Morgan fingerprint density at radius 3 is 2.22 bits per heavy atom. The van der Waals surface area contributed by atoms with Crippen LogP contribution < -0.4 is 5.73 Å². The summed E-state index contributed by atoms with van der Waals surface area (Å²) < 4.78 is 32.9. The first-order chi connectivity index (χ1) is 12.7. The van der Waals surface area contributed by atoms with Gasteiger partial charge < -0.3 is 15.4 Å². The van der Waals surface area contributed by atoms with Crippen LogP contribution in [0.2, 0.25) is 0 Å². The molecule has 0 aliphatic carbocycles. The normalized spacial score (nSPS) is 29.9. The third-order valence-electron chi connectivity index (χ3n) is 5.38. The molecule has 1 aromatic rings. The summed E-state index contributed by atoms with van der Waals surface area (Å²) in [6, 6.07) is 6.39. The van der Waals surface area contributed by atoms with E-state index >= 15 is 0 Å². The van der Waals surface area contributed by atoms with Crippen LogP contribution in [0.5, 0.6) is 0 Å². The summed E-state index contributed by atoms with van der Waals surface area (Å²) in [6.07, 6.45) is 0.621. The minimum absolute atomic E-state index is 0.0731. The number of benzene rings is 1. The first-order valence-electron chi connectivity index (χ1n) is 9.49. The highest BCUT2D eigenvalue weighted by atomic mass is 32.2. The Labute approximate surface area is 161 Å². The Morgan fingerprint density at radius 1 is 1.11 bits per heavy atom. The summed E-state index contributed by atoms with van der Waals surface area (Å²) in [7, 11) is -3.60. The van der Waals surface area contributed by atoms with E-state index in [0.29, 0.717) is 37.7 Å². The largest absolute Gasteiger partial charge is 0.373 e. The zero-order chi connectivity index (χ0) is 19.8. The maximum Gasteiger partial charge on any atom is 0.254 e. The summed E-state index contributed by atoms with van der Waals surface area (Å²) in [6.45, 7) is 7.64. The van der Waals surface area contributed by atoms with Crippen molar-refractivity contribution >= 4 is 15.9 Å². The van der Waals surface area contributed by atoms with Gasteiger partial charge in [-0.15, -0.1) is 0 Å². The lowest BCUT2D eigenvalue weighted by Crippen LogP contribution is -2.48. The molecule has 4 unspecified atom stereocenters. The molecule has 27 heavy (non-hydrogen) atoms. The third kappa shape index (κ3) is 4.18. The van der Waals surface area contributed by atoms with E-state index in [4.69, 9.17) is 10.5 Å². The standard InChI is InChI=1S/C19H29N3O4S/c1-13-8-16(9-20)12-22(13)19(23)17-4-6-18(7-5-17)27(24,25)21-10-14(2)26-15(3)11-21/h4-7,13-16H,8-12,20H2,1-3H3. The maximum atomic E-state index is 12.9. The number of hydrogen-bond donors (Lipinski definition) is 1. The molecule has 0 radical (unpaired) electrons. The lowest BCUT2D eigenvalue weighted by molar-refractivity contribution is -0.0440. The van der Waals surface area contributed by atoms with Gasteiger partial charge in [-0.2, -0.15) is 4.31 Å². The number of sulfonamides is 1. The maximum absolute atomic E-state index is 12.9. The molecule has 1 amide bonds. The quantitative estimate of drug-likeness (QED) is 0.829. The monoisotopic (exact) mass is 395 g/mol. The van der Waals surface area contributed by atoms with E-state index in [1.807, 2.05) is 25.7 Å². The van der Waals surface area contributed by atoms with Gasteiger partial charge in [0.1, 0.15) is 0 Å². The van der Waals surface area contributed by atoms with Crippen LogP contribution in [0.25, 0.3) is 0 Å². The van der Waals surface area contributed by atoms with Crippen LogP contribution in [0.15, 0.2) is 29.2 Å². The Kier molecular flexibility index (Phi) is 5.90. The molecule has 2 N–H and O–H groups in total. The summed E-state index contributed by atoms with van der Waals surface area (Å²) in [4.78, 5) is 14.8. The Balaban J connectivity index is 1.76. The van der Waals surface area contributed by atoms with Crippen molar-refractivity contribution in [1.82, 2.24) is 9.21 Å². The Morgan fingerprint density at radius 2 is 1.70 bits per heavy atom. The minimum atomic E-state index is -3.60. The molecule has 1 aromatic carbocycles. The van der Waals surface area contributed by atoms with Crippen LogP contribution in [-0.4, -0.2) is 68.0 Å². The second kappa shape index (κ2) is 7.87. The number of carbonyl (C=O) groups excluding carboxylic acids is 1. The van der Waals surface area contributed by atoms with E-state index in [0.717, 1.165) is 6.42 Å². The molecule has 2 aliphatic rings. The predicted molar refractivity (Wildman–Crippen MR) is 103 cm³/mol. The van der Waals surface area contributed by atoms with Crippen LogP contribution in [-0.2, 0) is 14.8 Å². The number of morpholine rings is 1. The molecule has 2 saturated heterocycles. The lowest BCUT2D eigenvalue weighted by Gasteiger charge is -2.34. The average Bonchev–Trinajstić information content (AvgIpc) is 3.01. The molecule has 150 valence electrons. The van der Waals surface area contributed by atoms with E-state index in [-0.39, 0.29) is 29.1 Å². The Bertz CT molecular complexity index is 771. The second-order valence-corrected chi connectivity index (χ2v) is 9.69. The zero-order valence-electron chi connectivity index (χ0n) is 16.2. The van der Waals surface area contributed by atoms with Crippen molar-refractivity contribution in [3.05, 3.63) is 29.8 Å². The number of nitrogens with two attached hydrogens (primary N) is 1. The number of nitrogens with zero attached hydrogens (tertiary/aromatic N) is 2. The van der Waals surface area contributed by atoms with Crippen LogP contribution in [0, 0.1) is 5.92 Å². The van der Waals surface area contributed by atoms with Gasteiger partial charge in [0, 0.05) is 31.2 Å². The van der Waals surface area contributed by atoms with E-state index in [1.165, 1.54) is 16.4 Å². The van der Waals surface area contributed by atoms with Crippen LogP contribution in [0.1, 0.15) is 37.6 Å². The molecule has 8 heteroatoms. The van der Waals surface area contributed by atoms with Crippen LogP contribution in [0.3, 0.4) is 0 Å². The molecule has 0 spiro atoms. The Hall–Kier alpha value is -1.48. The molecule has 3 rings (SSSR count). The van der Waals surface area contributed by atoms with Gasteiger partial charge in [0.25, 0.3) is 5.91 Å². The first kappa shape index (κ1) is 20.3. The molecular formula is C19H29N3O4S. The van der Waals surface area contributed by atoms with Crippen molar-refractivity contribution in [3.63, 3.8) is 0 Å². The molecule has 0 saturated carbocycles. The van der Waals surface area contributed by atoms with E-state index < -0.39 is 10.0 Å². The number of hydrogen-bond acceptors (Lipinski definition) is 5. The van der Waals surface area contributed by atoms with E-state index in [2.05, 4.69) is 0 Å². The zero-order valence-corrected chi connectivity index (χ0v) is 17.0. The van der Waals surface area contributed by atoms with E-state index in [9.17, 15) is 13.2 Å². The number of ether oxygens (including phenoxy) is 1. The van der Waals surface area contributed by atoms with Crippen molar-refractivity contribution in [2.24, 2.45) is 11.7 Å². The van der Waals surface area contributed by atoms with Gasteiger partial charge in [0.05, 0.1) is 17.1 Å². The molecule has 0 bridgehead atoms. The fourth-order valence-corrected chi connectivity index (χ4v) is 5.60. The van der Waals surface area contributed by atoms with E-state index in [1.54, 1.807) is 12.1 Å². The van der Waals surface area contributed by atoms with Crippen LogP contribution >= 0.6 is 0 Å². The summed E-state index contributed by atoms with van der Waals surface area (Å²) in [5, 5.41) is 0. The first-order valence-corrected chi connectivity index (χ1v) is 10.9. The molecule has 2 aliphatic heterocycles. The highest BCUT2D eigenvalue weighted by molar-refractivity contribution is 7.89. The molecular weight excluding hydrogens is 366 g/mol. The smallest absolute Gasteiger partial charge is 0.254 e. The van der Waals surface area contributed by atoms with Gasteiger partial charge in [-0.3, -0.25) is 4.79 Å². The summed E-state index contributed by atoms with van der Waals surface area (Å²) in [5.41, 5.74) is 6.24. The highest BCUT2D eigenvalue weighted by Gasteiger charge is 2.34. The van der Waals surface area contributed by atoms with Crippen molar-refractivity contribution < 1.29 is 17.9 Å². The summed E-state index contributed by atoms with van der Waals surface area (Å²) >= 11 is 0. The van der Waals surface area contributed by atoms with Gasteiger partial charge in [0.15, 0.2) is 0 Å². The third-order valence-corrected chi connectivity index (χ3v) is 7.23. The minimum Gasteiger partial charge on any atom is -0.373 e. The van der Waals surface area contributed by atoms with Gasteiger partial charge in [-0.1, -0.05) is 0 Å². The fraction of sp³-hybridized carbons (Fsp3) is 0.632. The molecule has 7 nitrogen and oxygen atoms in total. The lowest BCUT2D eigenvalue weighted by atomic mass is 10.1. The predicted octanol–water partition coefficient (Wildman–Crippen LogP) is 1.29. The van der Waals surface area contributed by atoms with Crippen molar-refractivity contribution in [3.8, 4) is 0 Å². The van der Waals surface area contributed by atoms with Gasteiger partial charge in [-0.25, -0.2) is 8.42 Å². The van der Waals surface area contributed by atoms with Gasteiger partial charge >= 0.3 is 0 Å². The molecule has 2 fully saturated rings. The van der Waals surface area contributed by atoms with Crippen molar-refractivity contribution in [2.45, 2.75) is 50.3 Å². The second-order valence-electron chi connectivity index (χ2n) is 7.75. The average molecular weight is 396 g/mol.